The minimum absolute atomic E-state index is 0.0452. The van der Waals surface area contributed by atoms with Gasteiger partial charge in [-0.05, 0) is 36.8 Å². The maximum absolute atomic E-state index is 12.3. The van der Waals surface area contributed by atoms with Gasteiger partial charge in [0.2, 0.25) is 0 Å². The van der Waals surface area contributed by atoms with Crippen molar-refractivity contribution in [1.29, 1.82) is 0 Å². The number of carbonyl (C=O) groups excluding carboxylic acids is 1. The van der Waals surface area contributed by atoms with E-state index in [0.29, 0.717) is 25.1 Å². The van der Waals surface area contributed by atoms with Gasteiger partial charge >= 0.3 is 0 Å². The number of hydrogen-bond donors (Lipinski definition) is 1. The molecular formula is C11H13NOS. The van der Waals surface area contributed by atoms with Crippen LogP contribution >= 0.6 is 11.3 Å². The Bertz CT molecular complexity index is 608. The van der Waals surface area contributed by atoms with Gasteiger partial charge in [0.05, 0.1) is 4.88 Å². The highest BCUT2D eigenvalue weighted by molar-refractivity contribution is 7.14. The first kappa shape index (κ1) is 4.45. The molecule has 0 saturated heterocycles. The Labute approximate surface area is 95.8 Å². The Morgan fingerprint density at radius 3 is 3.21 bits per heavy atom. The van der Waals surface area contributed by atoms with Crippen LogP contribution in [0.1, 0.15) is 46.6 Å². The smallest absolute Gasteiger partial charge is 0.173 e. The first-order valence-electron chi connectivity index (χ1n) is 7.53. The summed E-state index contributed by atoms with van der Waals surface area (Å²) < 4.78 is 47.3. The molecule has 1 aromatic rings. The number of Topliss-reactive ketones (excluding diaryl/α,β-unsaturated/α-hetero) is 1. The molecule has 2 aliphatic rings. The van der Waals surface area contributed by atoms with Crippen molar-refractivity contribution in [1.82, 2.24) is 5.32 Å². The minimum Gasteiger partial charge on any atom is -0.312 e. The highest BCUT2D eigenvalue weighted by Crippen LogP contribution is 2.35. The van der Waals surface area contributed by atoms with Crippen molar-refractivity contribution in [2.24, 2.45) is 0 Å². The van der Waals surface area contributed by atoms with Gasteiger partial charge in [0.1, 0.15) is 0 Å². The fraction of sp³-hybridized carbons (Fsp3) is 0.545. The Kier molecular flexibility index (Phi) is 1.01. The van der Waals surface area contributed by atoms with Gasteiger partial charge in [0.25, 0.3) is 0 Å². The van der Waals surface area contributed by atoms with Crippen LogP contribution in [0.15, 0.2) is 0 Å². The van der Waals surface area contributed by atoms with Crippen LogP contribution in [-0.4, -0.2) is 12.3 Å². The van der Waals surface area contributed by atoms with E-state index in [1.165, 1.54) is 0 Å². The van der Waals surface area contributed by atoms with E-state index in [-0.39, 0.29) is 10.4 Å². The third-order valence-corrected chi connectivity index (χ3v) is 3.73. The number of ketones is 1. The average molecular weight is 213 g/mol. The van der Waals surface area contributed by atoms with Gasteiger partial charge in [-0.3, -0.25) is 4.79 Å². The van der Waals surface area contributed by atoms with Crippen LogP contribution in [-0.2, 0) is 19.3 Å². The van der Waals surface area contributed by atoms with E-state index in [2.05, 4.69) is 5.32 Å². The average Bonchev–Trinajstić information content (AvgIpc) is 2.75. The quantitative estimate of drug-likeness (QED) is 0.713. The molecule has 1 N–H and O–H groups in total. The van der Waals surface area contributed by atoms with Crippen LogP contribution < -0.4 is 5.32 Å². The monoisotopic (exact) mass is 213 g/mol. The SMILES string of the molecule is [2H]C1([2H])C(=O)c2sc3c(c2C([2H])([2H])C1([2H])[2H])CCNC3. The summed E-state index contributed by atoms with van der Waals surface area (Å²) in [5.74, 6) is -0.938. The number of carbonyl (C=O) groups is 1. The van der Waals surface area contributed by atoms with E-state index in [4.69, 9.17) is 8.22 Å². The highest BCUT2D eigenvalue weighted by Gasteiger charge is 2.26. The highest BCUT2D eigenvalue weighted by atomic mass is 32.1. The van der Waals surface area contributed by atoms with Crippen LogP contribution in [0.5, 0.6) is 0 Å². The molecule has 2 heterocycles. The van der Waals surface area contributed by atoms with Gasteiger partial charge in [0.15, 0.2) is 5.78 Å². The first-order chi connectivity index (χ1) is 9.12. The summed E-state index contributed by atoms with van der Waals surface area (Å²) >= 11 is 1.09. The number of hydrogen-bond acceptors (Lipinski definition) is 3. The molecule has 14 heavy (non-hydrogen) atoms. The lowest BCUT2D eigenvalue weighted by atomic mass is 9.92. The van der Waals surface area contributed by atoms with Crippen molar-refractivity contribution >= 4 is 17.1 Å². The van der Waals surface area contributed by atoms with Crippen molar-refractivity contribution < 1.29 is 13.0 Å². The molecule has 0 unspecified atom stereocenters. The molecule has 0 spiro atoms. The first-order valence-corrected chi connectivity index (χ1v) is 5.34. The predicted molar refractivity (Wildman–Crippen MR) is 57.0 cm³/mol. The van der Waals surface area contributed by atoms with Crippen molar-refractivity contribution in [3.8, 4) is 0 Å². The van der Waals surface area contributed by atoms with E-state index in [1.54, 1.807) is 0 Å². The maximum atomic E-state index is 12.3. The molecule has 0 atom stereocenters. The lowest BCUT2D eigenvalue weighted by molar-refractivity contribution is 0.0977. The van der Waals surface area contributed by atoms with Crippen molar-refractivity contribution in [2.75, 3.05) is 6.54 Å². The normalized spacial score (nSPS) is 37.6. The minimum atomic E-state index is -2.89. The summed E-state index contributed by atoms with van der Waals surface area (Å²) in [6.45, 7) is 1.17. The summed E-state index contributed by atoms with van der Waals surface area (Å²) in [6, 6.07) is 0. The molecule has 2 nitrogen and oxygen atoms in total. The molecule has 0 bridgehead atoms. The molecule has 0 fully saturated rings. The Morgan fingerprint density at radius 2 is 2.29 bits per heavy atom. The van der Waals surface area contributed by atoms with Crippen molar-refractivity contribution in [3.05, 3.63) is 20.9 Å². The zero-order chi connectivity index (χ0) is 14.9. The van der Waals surface area contributed by atoms with Gasteiger partial charge in [-0.2, -0.15) is 0 Å². The number of thiophene rings is 1. The molecule has 0 amide bonds. The largest absolute Gasteiger partial charge is 0.312 e. The van der Waals surface area contributed by atoms with Gasteiger partial charge in [0, 0.05) is 26.0 Å². The van der Waals surface area contributed by atoms with E-state index in [0.717, 1.165) is 16.2 Å². The molecular weight excluding hydrogens is 194 g/mol. The Morgan fingerprint density at radius 1 is 1.36 bits per heavy atom. The van der Waals surface area contributed by atoms with E-state index >= 15 is 0 Å². The summed E-state index contributed by atoms with van der Waals surface area (Å²) in [7, 11) is 0. The standard InChI is InChI=1S/C11H13NOS/c13-9-3-1-2-8-7-4-5-12-6-10(7)14-11(8)9/h12H,1-6H2/i1D2,2D2,3D2. The summed E-state index contributed by atoms with van der Waals surface area (Å²) in [5, 5.41) is 3.12. The molecule has 3 heteroatoms. The molecule has 3 rings (SSSR count). The number of nitrogens with one attached hydrogen (secondary N) is 1. The van der Waals surface area contributed by atoms with Gasteiger partial charge < -0.3 is 5.32 Å². The van der Waals surface area contributed by atoms with Crippen LogP contribution in [0.4, 0.5) is 0 Å². The van der Waals surface area contributed by atoms with Crippen LogP contribution in [0.2, 0.25) is 0 Å². The molecule has 0 radical (unpaired) electrons. The molecule has 0 aromatic carbocycles. The third-order valence-electron chi connectivity index (χ3n) is 2.50. The van der Waals surface area contributed by atoms with Crippen LogP contribution in [0.25, 0.3) is 0 Å². The lowest BCUT2D eigenvalue weighted by Gasteiger charge is -2.15. The molecule has 1 aliphatic carbocycles. The van der Waals surface area contributed by atoms with Crippen LogP contribution in [0.3, 0.4) is 0 Å². The Balaban J connectivity index is 2.33. The summed E-state index contributed by atoms with van der Waals surface area (Å²) in [5.41, 5.74) is 0.755. The third kappa shape index (κ3) is 1.16. The summed E-state index contributed by atoms with van der Waals surface area (Å²) in [4.78, 5) is 13.1. The van der Waals surface area contributed by atoms with E-state index in [9.17, 15) is 4.79 Å². The zero-order valence-corrected chi connectivity index (χ0v) is 8.25. The predicted octanol–water partition coefficient (Wildman–Crippen LogP) is 1.91. The van der Waals surface area contributed by atoms with E-state index < -0.39 is 24.9 Å². The Hall–Kier alpha value is -0.670. The van der Waals surface area contributed by atoms with Gasteiger partial charge in [-0.15, -0.1) is 11.3 Å². The number of rotatable bonds is 0. The summed E-state index contributed by atoms with van der Waals surface area (Å²) in [6.07, 6.45) is -7.72. The zero-order valence-electron chi connectivity index (χ0n) is 13.4. The number of fused-ring (bicyclic) bond motifs is 3. The fourth-order valence-corrected chi connectivity index (χ4v) is 3.00. The van der Waals surface area contributed by atoms with Gasteiger partial charge in [-0.25, -0.2) is 0 Å². The van der Waals surface area contributed by atoms with Crippen molar-refractivity contribution in [3.63, 3.8) is 0 Å². The molecule has 1 aliphatic heterocycles. The fourth-order valence-electron chi connectivity index (χ4n) is 1.83. The second-order valence-electron chi connectivity index (χ2n) is 3.34. The molecule has 1 aromatic heterocycles. The topological polar surface area (TPSA) is 29.1 Å². The maximum Gasteiger partial charge on any atom is 0.173 e. The van der Waals surface area contributed by atoms with Crippen molar-refractivity contribution in [2.45, 2.75) is 32.1 Å². The second-order valence-corrected chi connectivity index (χ2v) is 4.44. The second kappa shape index (κ2) is 3.17. The van der Waals surface area contributed by atoms with Gasteiger partial charge in [-0.1, -0.05) is 0 Å². The lowest BCUT2D eigenvalue weighted by Crippen LogP contribution is -2.22. The molecule has 74 valence electrons. The van der Waals surface area contributed by atoms with Crippen LogP contribution in [0, 0.1) is 0 Å². The molecule has 0 saturated carbocycles. The van der Waals surface area contributed by atoms with E-state index in [1.807, 2.05) is 0 Å².